The zero-order chi connectivity index (χ0) is 17.5. The summed E-state index contributed by atoms with van der Waals surface area (Å²) in [6, 6.07) is 6.26. The van der Waals surface area contributed by atoms with Gasteiger partial charge in [-0.25, -0.2) is 0 Å². The van der Waals surface area contributed by atoms with E-state index in [1.807, 2.05) is 0 Å². The lowest BCUT2D eigenvalue weighted by molar-refractivity contribution is -0.146. The number of carbonyl (C=O) groups excluding carboxylic acids is 3. The molecule has 0 saturated carbocycles. The molecule has 0 radical (unpaired) electrons. The number of allylic oxidation sites excluding steroid dienone is 1. The van der Waals surface area contributed by atoms with Crippen LogP contribution in [-0.4, -0.2) is 41.5 Å². The molecule has 0 atom stereocenters. The Morgan fingerprint density at radius 3 is 2.30 bits per heavy atom. The third kappa shape index (κ3) is 6.44. The summed E-state index contributed by atoms with van der Waals surface area (Å²) in [5, 5.41) is 9.66. The summed E-state index contributed by atoms with van der Waals surface area (Å²) in [4.78, 5) is 34.0. The Morgan fingerprint density at radius 1 is 1.17 bits per heavy atom. The van der Waals surface area contributed by atoms with Crippen molar-refractivity contribution in [2.45, 2.75) is 25.9 Å². The highest BCUT2D eigenvalue weighted by Gasteiger charge is 2.24. The van der Waals surface area contributed by atoms with E-state index >= 15 is 0 Å². The van der Waals surface area contributed by atoms with Gasteiger partial charge in [0, 0.05) is 5.56 Å². The molecular formula is C17H20O6. The van der Waals surface area contributed by atoms with Crippen LogP contribution in [0.15, 0.2) is 36.9 Å². The van der Waals surface area contributed by atoms with Crippen molar-refractivity contribution in [2.24, 2.45) is 0 Å². The summed E-state index contributed by atoms with van der Waals surface area (Å²) >= 11 is 0. The van der Waals surface area contributed by atoms with Crippen LogP contribution in [0.25, 0.3) is 0 Å². The molecule has 0 spiro atoms. The minimum absolute atomic E-state index is 0.00755. The summed E-state index contributed by atoms with van der Waals surface area (Å²) in [5.74, 6) is -0.923. The van der Waals surface area contributed by atoms with E-state index in [0.29, 0.717) is 11.3 Å². The van der Waals surface area contributed by atoms with Crippen LogP contribution in [0.5, 0.6) is 5.75 Å². The van der Waals surface area contributed by atoms with Gasteiger partial charge in [0.25, 0.3) is 0 Å². The number of carbonyl (C=O) groups is 3. The summed E-state index contributed by atoms with van der Waals surface area (Å²) in [5.41, 5.74) is -1.06. The summed E-state index contributed by atoms with van der Waals surface area (Å²) < 4.78 is 10.2. The maximum atomic E-state index is 11.8. The van der Waals surface area contributed by atoms with E-state index in [2.05, 4.69) is 6.58 Å². The quantitative estimate of drug-likeness (QED) is 0.245. The molecule has 1 aromatic carbocycles. The summed E-state index contributed by atoms with van der Waals surface area (Å²) in [6.07, 6.45) is 0.728. The Labute approximate surface area is 134 Å². The standard InChI is InChI=1S/C17H20O6/c1-4-13(18)11-15(19)23-10-9-22-14-7-5-12(6-8-14)16(20)17(2,3)21/h4-8,21H,1,9-11H2,2-3H3. The number of benzene rings is 1. The molecule has 0 aromatic heterocycles. The second kappa shape index (κ2) is 8.24. The fourth-order valence-electron chi connectivity index (χ4n) is 1.64. The zero-order valence-corrected chi connectivity index (χ0v) is 13.2. The van der Waals surface area contributed by atoms with Gasteiger partial charge in [-0.1, -0.05) is 6.58 Å². The lowest BCUT2D eigenvalue weighted by Gasteiger charge is -2.15. The number of hydrogen-bond acceptors (Lipinski definition) is 6. The molecule has 0 aliphatic heterocycles. The minimum Gasteiger partial charge on any atom is -0.490 e. The van der Waals surface area contributed by atoms with Crippen molar-refractivity contribution in [3.05, 3.63) is 42.5 Å². The minimum atomic E-state index is -1.43. The number of esters is 1. The van der Waals surface area contributed by atoms with E-state index in [9.17, 15) is 19.5 Å². The van der Waals surface area contributed by atoms with E-state index in [0.717, 1.165) is 6.08 Å². The smallest absolute Gasteiger partial charge is 0.313 e. The van der Waals surface area contributed by atoms with Crippen molar-refractivity contribution in [1.82, 2.24) is 0 Å². The third-order valence-electron chi connectivity index (χ3n) is 2.83. The number of rotatable bonds is 9. The molecule has 124 valence electrons. The molecule has 6 nitrogen and oxygen atoms in total. The van der Waals surface area contributed by atoms with E-state index in [1.165, 1.54) is 13.8 Å². The molecule has 1 N–H and O–H groups in total. The van der Waals surface area contributed by atoms with Crippen LogP contribution in [0.1, 0.15) is 30.6 Å². The topological polar surface area (TPSA) is 89.9 Å². The van der Waals surface area contributed by atoms with Crippen molar-refractivity contribution >= 4 is 17.5 Å². The van der Waals surface area contributed by atoms with Crippen LogP contribution in [0.4, 0.5) is 0 Å². The average molecular weight is 320 g/mol. The average Bonchev–Trinajstić information content (AvgIpc) is 2.50. The summed E-state index contributed by atoms with van der Waals surface area (Å²) in [6.45, 7) is 6.23. The lowest BCUT2D eigenvalue weighted by atomic mass is 9.97. The molecule has 0 saturated heterocycles. The first-order valence-corrected chi connectivity index (χ1v) is 7.05. The van der Waals surface area contributed by atoms with Gasteiger partial charge in [-0.3, -0.25) is 14.4 Å². The SMILES string of the molecule is C=CC(=O)CC(=O)OCCOc1ccc(C(=O)C(C)(C)O)cc1. The highest BCUT2D eigenvalue weighted by molar-refractivity contribution is 6.02. The normalized spacial score (nSPS) is 10.7. The van der Waals surface area contributed by atoms with Gasteiger partial charge in [-0.05, 0) is 44.2 Å². The zero-order valence-electron chi connectivity index (χ0n) is 13.2. The van der Waals surface area contributed by atoms with E-state index < -0.39 is 17.4 Å². The van der Waals surface area contributed by atoms with Crippen LogP contribution < -0.4 is 4.74 Å². The first-order chi connectivity index (χ1) is 10.7. The number of aliphatic hydroxyl groups is 1. The van der Waals surface area contributed by atoms with Gasteiger partial charge in [-0.2, -0.15) is 0 Å². The van der Waals surface area contributed by atoms with Crippen molar-refractivity contribution in [1.29, 1.82) is 0 Å². The van der Waals surface area contributed by atoms with Crippen molar-refractivity contribution in [3.8, 4) is 5.75 Å². The van der Waals surface area contributed by atoms with Gasteiger partial charge in [0.2, 0.25) is 0 Å². The van der Waals surface area contributed by atoms with Crippen molar-refractivity contribution < 1.29 is 29.0 Å². The van der Waals surface area contributed by atoms with Crippen LogP contribution in [0.3, 0.4) is 0 Å². The monoisotopic (exact) mass is 320 g/mol. The predicted molar refractivity (Wildman–Crippen MR) is 83.3 cm³/mol. The molecule has 0 heterocycles. The summed E-state index contributed by atoms with van der Waals surface area (Å²) in [7, 11) is 0. The Bertz CT molecular complexity index is 580. The Morgan fingerprint density at radius 2 is 1.78 bits per heavy atom. The van der Waals surface area contributed by atoms with Crippen LogP contribution in [0.2, 0.25) is 0 Å². The molecule has 0 aliphatic carbocycles. The fraction of sp³-hybridized carbons (Fsp3) is 0.353. The second-order valence-electron chi connectivity index (χ2n) is 5.33. The van der Waals surface area contributed by atoms with Crippen LogP contribution >= 0.6 is 0 Å². The van der Waals surface area contributed by atoms with Crippen LogP contribution in [0, 0.1) is 0 Å². The van der Waals surface area contributed by atoms with Crippen LogP contribution in [-0.2, 0) is 14.3 Å². The molecule has 23 heavy (non-hydrogen) atoms. The van der Waals surface area contributed by atoms with E-state index in [1.54, 1.807) is 24.3 Å². The van der Waals surface area contributed by atoms with E-state index in [4.69, 9.17) is 9.47 Å². The Hall–Kier alpha value is -2.47. The van der Waals surface area contributed by atoms with Gasteiger partial charge in [0.15, 0.2) is 11.6 Å². The number of ketones is 2. The number of Topliss-reactive ketones (excluding diaryl/α,β-unsaturated/α-hetero) is 1. The highest BCUT2D eigenvalue weighted by Crippen LogP contribution is 2.17. The molecule has 0 bridgehead atoms. The van der Waals surface area contributed by atoms with Crippen molar-refractivity contribution in [3.63, 3.8) is 0 Å². The van der Waals surface area contributed by atoms with Gasteiger partial charge >= 0.3 is 5.97 Å². The van der Waals surface area contributed by atoms with Gasteiger partial charge < -0.3 is 14.6 Å². The molecular weight excluding hydrogens is 300 g/mol. The maximum Gasteiger partial charge on any atom is 0.313 e. The third-order valence-corrected chi connectivity index (χ3v) is 2.83. The lowest BCUT2D eigenvalue weighted by Crippen LogP contribution is -2.30. The first kappa shape index (κ1) is 18.6. The highest BCUT2D eigenvalue weighted by atomic mass is 16.6. The molecule has 0 unspecified atom stereocenters. The maximum absolute atomic E-state index is 11.8. The Balaban J connectivity index is 2.39. The molecule has 6 heteroatoms. The largest absolute Gasteiger partial charge is 0.490 e. The molecule has 0 aliphatic rings. The van der Waals surface area contributed by atoms with Gasteiger partial charge in [-0.15, -0.1) is 0 Å². The molecule has 1 aromatic rings. The molecule has 0 fully saturated rings. The molecule has 0 amide bonds. The molecule has 1 rings (SSSR count). The van der Waals surface area contributed by atoms with Gasteiger partial charge in [0.05, 0.1) is 0 Å². The number of hydrogen-bond donors (Lipinski definition) is 1. The number of ether oxygens (including phenoxy) is 2. The predicted octanol–water partition coefficient (Wildman–Crippen LogP) is 1.71. The Kier molecular flexibility index (Phi) is 6.65. The second-order valence-corrected chi connectivity index (χ2v) is 5.33. The van der Waals surface area contributed by atoms with Gasteiger partial charge in [0.1, 0.15) is 31.0 Å². The fourth-order valence-corrected chi connectivity index (χ4v) is 1.64. The first-order valence-electron chi connectivity index (χ1n) is 7.05. The van der Waals surface area contributed by atoms with Crippen molar-refractivity contribution in [2.75, 3.05) is 13.2 Å². The van der Waals surface area contributed by atoms with E-state index in [-0.39, 0.29) is 25.4 Å².